The number of nitrogens with zero attached hydrogens (tertiary/aromatic N) is 1. The predicted octanol–water partition coefficient (Wildman–Crippen LogP) is 1.76. The minimum absolute atomic E-state index is 0.0286. The molecule has 1 aliphatic carbocycles. The van der Waals surface area contributed by atoms with Crippen LogP contribution in [-0.2, 0) is 14.3 Å². The molecule has 0 saturated heterocycles. The highest BCUT2D eigenvalue weighted by atomic mass is 16.5. The molecule has 0 unspecified atom stereocenters. The Morgan fingerprint density at radius 2 is 1.84 bits per heavy atom. The molecule has 110 valence electrons. The van der Waals surface area contributed by atoms with E-state index in [1.165, 1.54) is 0 Å². The van der Waals surface area contributed by atoms with Crippen LogP contribution in [0.4, 0.5) is 0 Å². The predicted molar refractivity (Wildman–Crippen MR) is 71.8 cm³/mol. The van der Waals surface area contributed by atoms with Gasteiger partial charge in [0, 0.05) is 19.7 Å². The van der Waals surface area contributed by atoms with Gasteiger partial charge < -0.3 is 14.7 Å². The molecule has 0 spiro atoms. The molecule has 0 bridgehead atoms. The summed E-state index contributed by atoms with van der Waals surface area (Å²) < 4.78 is 5.02. The van der Waals surface area contributed by atoms with Crippen LogP contribution in [0, 0.1) is 11.8 Å². The number of carboxylic acids is 1. The Morgan fingerprint density at radius 1 is 1.26 bits per heavy atom. The summed E-state index contributed by atoms with van der Waals surface area (Å²) in [5.41, 5.74) is 0. The standard InChI is InChI=1S/C14H25NO4/c1-10(2)15(8-9-19-3)13(16)11-6-4-5-7-12(11)14(17)18/h10-12H,4-9H2,1-3H3,(H,17,18)/t11-,12+/m1/s1. The van der Waals surface area contributed by atoms with Crippen molar-refractivity contribution in [2.75, 3.05) is 20.3 Å². The van der Waals surface area contributed by atoms with Crippen LogP contribution in [-0.4, -0.2) is 48.2 Å². The van der Waals surface area contributed by atoms with E-state index in [9.17, 15) is 14.7 Å². The summed E-state index contributed by atoms with van der Waals surface area (Å²) in [6.45, 7) is 4.91. The largest absolute Gasteiger partial charge is 0.481 e. The van der Waals surface area contributed by atoms with Gasteiger partial charge in [-0.05, 0) is 26.7 Å². The SMILES string of the molecule is COCCN(C(=O)[C@@H]1CCCC[C@@H]1C(=O)O)C(C)C. The van der Waals surface area contributed by atoms with E-state index in [4.69, 9.17) is 4.74 Å². The van der Waals surface area contributed by atoms with Gasteiger partial charge in [-0.3, -0.25) is 9.59 Å². The first kappa shape index (κ1) is 16.0. The number of rotatable bonds is 6. The summed E-state index contributed by atoms with van der Waals surface area (Å²) in [5, 5.41) is 9.26. The van der Waals surface area contributed by atoms with Crippen molar-refractivity contribution in [3.05, 3.63) is 0 Å². The second-order valence-electron chi connectivity index (χ2n) is 5.45. The average molecular weight is 271 g/mol. The maximum atomic E-state index is 12.6. The molecular formula is C14H25NO4. The monoisotopic (exact) mass is 271 g/mol. The van der Waals surface area contributed by atoms with Crippen LogP contribution in [0.15, 0.2) is 0 Å². The normalized spacial score (nSPS) is 23.4. The lowest BCUT2D eigenvalue weighted by Gasteiger charge is -2.34. The quantitative estimate of drug-likeness (QED) is 0.799. The summed E-state index contributed by atoms with van der Waals surface area (Å²) in [6.07, 6.45) is 3.14. The van der Waals surface area contributed by atoms with Crippen LogP contribution in [0.25, 0.3) is 0 Å². The number of ether oxygens (including phenoxy) is 1. The first-order valence-corrected chi connectivity index (χ1v) is 7.01. The molecule has 0 radical (unpaired) electrons. The highest BCUT2D eigenvalue weighted by molar-refractivity contribution is 5.85. The molecule has 2 atom stereocenters. The minimum Gasteiger partial charge on any atom is -0.481 e. The van der Waals surface area contributed by atoms with E-state index in [1.807, 2.05) is 13.8 Å². The molecule has 0 aliphatic heterocycles. The molecule has 1 amide bonds. The third-order valence-electron chi connectivity index (χ3n) is 3.84. The summed E-state index contributed by atoms with van der Waals surface area (Å²) in [4.78, 5) is 25.6. The first-order chi connectivity index (χ1) is 8.99. The van der Waals surface area contributed by atoms with Gasteiger partial charge in [0.05, 0.1) is 18.4 Å². The van der Waals surface area contributed by atoms with Gasteiger partial charge in [-0.25, -0.2) is 0 Å². The van der Waals surface area contributed by atoms with Crippen molar-refractivity contribution < 1.29 is 19.4 Å². The van der Waals surface area contributed by atoms with Gasteiger partial charge in [-0.1, -0.05) is 12.8 Å². The molecular weight excluding hydrogens is 246 g/mol. The molecule has 1 fully saturated rings. The zero-order chi connectivity index (χ0) is 14.4. The maximum absolute atomic E-state index is 12.6. The van der Waals surface area contributed by atoms with Gasteiger partial charge >= 0.3 is 5.97 Å². The van der Waals surface area contributed by atoms with Gasteiger partial charge in [0.25, 0.3) is 0 Å². The molecule has 1 N–H and O–H groups in total. The van der Waals surface area contributed by atoms with Crippen LogP contribution >= 0.6 is 0 Å². The van der Waals surface area contributed by atoms with E-state index in [0.717, 1.165) is 12.8 Å². The number of aliphatic carboxylic acids is 1. The number of carbonyl (C=O) groups excluding carboxylic acids is 1. The fourth-order valence-electron chi connectivity index (χ4n) is 2.75. The number of amides is 1. The molecule has 0 aromatic heterocycles. The molecule has 0 aromatic rings. The first-order valence-electron chi connectivity index (χ1n) is 7.01. The molecule has 0 aromatic carbocycles. The third kappa shape index (κ3) is 4.20. The molecule has 5 nitrogen and oxygen atoms in total. The topological polar surface area (TPSA) is 66.8 Å². The minimum atomic E-state index is -0.839. The second kappa shape index (κ2) is 7.48. The van der Waals surface area contributed by atoms with Gasteiger partial charge in [0.15, 0.2) is 0 Å². The second-order valence-corrected chi connectivity index (χ2v) is 5.45. The van der Waals surface area contributed by atoms with Crippen molar-refractivity contribution in [2.24, 2.45) is 11.8 Å². The summed E-state index contributed by atoms with van der Waals surface area (Å²) in [5.74, 6) is -1.76. The van der Waals surface area contributed by atoms with Gasteiger partial charge in [0.2, 0.25) is 5.91 Å². The fourth-order valence-corrected chi connectivity index (χ4v) is 2.75. The maximum Gasteiger partial charge on any atom is 0.307 e. The van der Waals surface area contributed by atoms with E-state index in [1.54, 1.807) is 12.0 Å². The summed E-state index contributed by atoms with van der Waals surface area (Å²) >= 11 is 0. The summed E-state index contributed by atoms with van der Waals surface area (Å²) in [7, 11) is 1.60. The van der Waals surface area contributed by atoms with Crippen molar-refractivity contribution in [2.45, 2.75) is 45.6 Å². The number of carboxylic acid groups (broad SMARTS) is 1. The van der Waals surface area contributed by atoms with Crippen molar-refractivity contribution in [1.29, 1.82) is 0 Å². The van der Waals surface area contributed by atoms with Crippen LogP contribution < -0.4 is 0 Å². The molecule has 0 heterocycles. The lowest BCUT2D eigenvalue weighted by atomic mass is 9.78. The van der Waals surface area contributed by atoms with Crippen LogP contribution in [0.1, 0.15) is 39.5 Å². The van der Waals surface area contributed by atoms with Crippen molar-refractivity contribution >= 4 is 11.9 Å². The average Bonchev–Trinajstić information content (AvgIpc) is 2.38. The smallest absolute Gasteiger partial charge is 0.307 e. The lowest BCUT2D eigenvalue weighted by molar-refractivity contribution is -0.153. The number of hydrogen-bond donors (Lipinski definition) is 1. The van der Waals surface area contributed by atoms with Gasteiger partial charge in [0.1, 0.15) is 0 Å². The lowest BCUT2D eigenvalue weighted by Crippen LogP contribution is -2.46. The van der Waals surface area contributed by atoms with Gasteiger partial charge in [-0.2, -0.15) is 0 Å². The fraction of sp³-hybridized carbons (Fsp3) is 0.857. The molecule has 1 saturated carbocycles. The number of carbonyl (C=O) groups is 2. The Hall–Kier alpha value is -1.10. The van der Waals surface area contributed by atoms with Crippen LogP contribution in [0.5, 0.6) is 0 Å². The zero-order valence-corrected chi connectivity index (χ0v) is 12.1. The Bertz CT molecular complexity index is 317. The van der Waals surface area contributed by atoms with Crippen molar-refractivity contribution in [1.82, 2.24) is 4.90 Å². The molecule has 1 aliphatic rings. The molecule has 5 heteroatoms. The highest BCUT2D eigenvalue weighted by Gasteiger charge is 2.38. The molecule has 19 heavy (non-hydrogen) atoms. The third-order valence-corrected chi connectivity index (χ3v) is 3.84. The Balaban J connectivity index is 2.78. The van der Waals surface area contributed by atoms with Crippen LogP contribution in [0.3, 0.4) is 0 Å². The number of hydrogen-bond acceptors (Lipinski definition) is 3. The number of methoxy groups -OCH3 is 1. The van der Waals surface area contributed by atoms with E-state index in [-0.39, 0.29) is 17.9 Å². The van der Waals surface area contributed by atoms with E-state index in [2.05, 4.69) is 0 Å². The van der Waals surface area contributed by atoms with Crippen LogP contribution in [0.2, 0.25) is 0 Å². The Morgan fingerprint density at radius 3 is 2.32 bits per heavy atom. The van der Waals surface area contributed by atoms with Crippen molar-refractivity contribution in [3.8, 4) is 0 Å². The summed E-state index contributed by atoms with van der Waals surface area (Å²) in [6, 6.07) is 0.0685. The van der Waals surface area contributed by atoms with E-state index < -0.39 is 11.9 Å². The Labute approximate surface area is 114 Å². The zero-order valence-electron chi connectivity index (χ0n) is 12.1. The van der Waals surface area contributed by atoms with Gasteiger partial charge in [-0.15, -0.1) is 0 Å². The Kier molecular flexibility index (Phi) is 6.28. The van der Waals surface area contributed by atoms with Crippen molar-refractivity contribution in [3.63, 3.8) is 0 Å². The van der Waals surface area contributed by atoms with E-state index in [0.29, 0.717) is 26.0 Å². The molecule has 1 rings (SSSR count). The highest BCUT2D eigenvalue weighted by Crippen LogP contribution is 2.32. The van der Waals surface area contributed by atoms with E-state index >= 15 is 0 Å².